The van der Waals surface area contributed by atoms with Crippen LogP contribution in [0.3, 0.4) is 0 Å². The number of hydrogen-bond acceptors (Lipinski definition) is 4. The zero-order valence-corrected chi connectivity index (χ0v) is 19.0. The molecule has 3 aromatic rings. The van der Waals surface area contributed by atoms with Crippen LogP contribution in [0, 0.1) is 5.82 Å². The highest BCUT2D eigenvalue weighted by Gasteiger charge is 2.21. The minimum Gasteiger partial charge on any atom is -0.493 e. The van der Waals surface area contributed by atoms with E-state index in [1.54, 1.807) is 13.2 Å². The van der Waals surface area contributed by atoms with E-state index in [0.717, 1.165) is 48.8 Å². The van der Waals surface area contributed by atoms with Gasteiger partial charge in [-0.3, -0.25) is 4.90 Å². The van der Waals surface area contributed by atoms with Gasteiger partial charge in [0.1, 0.15) is 17.4 Å². The third kappa shape index (κ3) is 5.64. The molecule has 1 saturated heterocycles. The lowest BCUT2D eigenvalue weighted by molar-refractivity contribution is 0.177. The summed E-state index contributed by atoms with van der Waals surface area (Å²) in [6.45, 7) is 4.97. The molecule has 0 bridgehead atoms. The maximum atomic E-state index is 13.4. The second-order valence-corrected chi connectivity index (χ2v) is 8.22. The summed E-state index contributed by atoms with van der Waals surface area (Å²) in [6.07, 6.45) is 0. The van der Waals surface area contributed by atoms with E-state index in [0.29, 0.717) is 11.5 Å². The fraction of sp³-hybridized carbons (Fsp3) is 0.269. The van der Waals surface area contributed by atoms with Gasteiger partial charge in [-0.25, -0.2) is 4.39 Å². The highest BCUT2D eigenvalue weighted by Crippen LogP contribution is 2.30. The Morgan fingerprint density at radius 2 is 1.62 bits per heavy atom. The predicted molar refractivity (Wildman–Crippen MR) is 129 cm³/mol. The van der Waals surface area contributed by atoms with Gasteiger partial charge in [0.15, 0.2) is 11.5 Å². The molecular formula is C26H27FN2O2S. The van der Waals surface area contributed by atoms with Crippen LogP contribution in [0.4, 0.5) is 4.39 Å². The first-order chi connectivity index (χ1) is 15.6. The summed E-state index contributed by atoms with van der Waals surface area (Å²) in [6, 6.07) is 22.7. The lowest BCUT2D eigenvalue weighted by atomic mass is 10.1. The SMILES string of the molecule is COc1cc(C(=S)N2CCN(Cc3ccccc3)CC2)ccc1OCc1cccc(F)c1. The standard InChI is InChI=1S/C26H27FN2O2S/c1-30-25-17-22(10-11-24(25)31-19-21-8-5-9-23(27)16-21)26(32)29-14-12-28(13-15-29)18-20-6-3-2-4-7-20/h2-11,16-17H,12-15,18-19H2,1H3. The van der Waals surface area contributed by atoms with Crippen molar-refractivity contribution in [2.75, 3.05) is 33.3 Å². The number of thiocarbonyl (C=S) groups is 1. The smallest absolute Gasteiger partial charge is 0.161 e. The Bertz CT molecular complexity index is 1050. The van der Waals surface area contributed by atoms with Crippen molar-refractivity contribution in [3.63, 3.8) is 0 Å². The quantitative estimate of drug-likeness (QED) is 0.477. The van der Waals surface area contributed by atoms with Crippen LogP contribution in [0.15, 0.2) is 72.8 Å². The average Bonchev–Trinajstić information content (AvgIpc) is 2.83. The molecule has 32 heavy (non-hydrogen) atoms. The molecule has 0 atom stereocenters. The molecule has 1 aliphatic heterocycles. The Morgan fingerprint density at radius 3 is 2.34 bits per heavy atom. The second kappa shape index (κ2) is 10.6. The van der Waals surface area contributed by atoms with Gasteiger partial charge in [-0.1, -0.05) is 54.7 Å². The van der Waals surface area contributed by atoms with Crippen molar-refractivity contribution in [3.05, 3.63) is 95.3 Å². The first-order valence-corrected chi connectivity index (χ1v) is 11.1. The fourth-order valence-electron chi connectivity index (χ4n) is 3.84. The maximum Gasteiger partial charge on any atom is 0.161 e. The van der Waals surface area contributed by atoms with E-state index < -0.39 is 0 Å². The van der Waals surface area contributed by atoms with E-state index in [4.69, 9.17) is 21.7 Å². The molecule has 1 fully saturated rings. The largest absolute Gasteiger partial charge is 0.493 e. The van der Waals surface area contributed by atoms with E-state index in [9.17, 15) is 4.39 Å². The van der Waals surface area contributed by atoms with Crippen molar-refractivity contribution in [2.24, 2.45) is 0 Å². The summed E-state index contributed by atoms with van der Waals surface area (Å²) in [5.41, 5.74) is 3.04. The summed E-state index contributed by atoms with van der Waals surface area (Å²) in [4.78, 5) is 5.52. The number of ether oxygens (including phenoxy) is 2. The zero-order valence-electron chi connectivity index (χ0n) is 18.2. The van der Waals surface area contributed by atoms with Crippen LogP contribution in [0.5, 0.6) is 11.5 Å². The molecule has 0 aliphatic carbocycles. The second-order valence-electron chi connectivity index (χ2n) is 7.84. The third-order valence-corrected chi connectivity index (χ3v) is 6.10. The summed E-state index contributed by atoms with van der Waals surface area (Å²) >= 11 is 5.78. The Kier molecular flexibility index (Phi) is 7.35. The topological polar surface area (TPSA) is 24.9 Å². The summed E-state index contributed by atoms with van der Waals surface area (Å²) in [5, 5.41) is 0. The molecule has 166 valence electrons. The Balaban J connectivity index is 1.35. The van der Waals surface area contributed by atoms with Gasteiger partial charge >= 0.3 is 0 Å². The Morgan fingerprint density at radius 1 is 0.875 bits per heavy atom. The summed E-state index contributed by atoms with van der Waals surface area (Å²) in [5.74, 6) is 0.947. The van der Waals surface area contributed by atoms with E-state index in [1.165, 1.54) is 17.7 Å². The molecule has 0 N–H and O–H groups in total. The van der Waals surface area contributed by atoms with Crippen LogP contribution in [0.2, 0.25) is 0 Å². The van der Waals surface area contributed by atoms with Gasteiger partial charge in [-0.15, -0.1) is 0 Å². The number of hydrogen-bond donors (Lipinski definition) is 0. The van der Waals surface area contributed by atoms with Crippen molar-refractivity contribution in [1.82, 2.24) is 9.80 Å². The molecule has 4 nitrogen and oxygen atoms in total. The van der Waals surface area contributed by atoms with Crippen molar-refractivity contribution in [2.45, 2.75) is 13.2 Å². The molecule has 0 unspecified atom stereocenters. The van der Waals surface area contributed by atoms with Gasteiger partial charge in [0, 0.05) is 38.3 Å². The molecule has 3 aromatic carbocycles. The lowest BCUT2D eigenvalue weighted by Gasteiger charge is -2.36. The molecule has 0 amide bonds. The number of benzene rings is 3. The Hall–Kier alpha value is -2.96. The van der Waals surface area contributed by atoms with Gasteiger partial charge in [-0.05, 0) is 41.5 Å². The first kappa shape index (κ1) is 22.2. The van der Waals surface area contributed by atoms with Crippen molar-refractivity contribution in [3.8, 4) is 11.5 Å². The summed E-state index contributed by atoms with van der Waals surface area (Å²) < 4.78 is 24.8. The third-order valence-electron chi connectivity index (χ3n) is 5.60. The van der Waals surface area contributed by atoms with Crippen molar-refractivity contribution >= 4 is 17.2 Å². The van der Waals surface area contributed by atoms with Gasteiger partial charge in [0.05, 0.1) is 7.11 Å². The molecule has 1 aliphatic rings. The monoisotopic (exact) mass is 450 g/mol. The molecular weight excluding hydrogens is 423 g/mol. The first-order valence-electron chi connectivity index (χ1n) is 10.7. The number of methoxy groups -OCH3 is 1. The van der Waals surface area contributed by atoms with Crippen molar-refractivity contribution in [1.29, 1.82) is 0 Å². The predicted octanol–water partition coefficient (Wildman–Crippen LogP) is 4.91. The molecule has 6 heteroatoms. The highest BCUT2D eigenvalue weighted by molar-refractivity contribution is 7.80. The number of piperazine rings is 1. The Labute approximate surface area is 194 Å². The van der Waals surface area contributed by atoms with Gasteiger partial charge in [0.2, 0.25) is 0 Å². The van der Waals surface area contributed by atoms with Gasteiger partial charge < -0.3 is 14.4 Å². The van der Waals surface area contributed by atoms with Gasteiger partial charge in [0.25, 0.3) is 0 Å². The highest BCUT2D eigenvalue weighted by atomic mass is 32.1. The number of rotatable bonds is 7. The lowest BCUT2D eigenvalue weighted by Crippen LogP contribution is -2.48. The van der Waals surface area contributed by atoms with Crippen molar-refractivity contribution < 1.29 is 13.9 Å². The maximum absolute atomic E-state index is 13.4. The fourth-order valence-corrected chi connectivity index (χ4v) is 4.15. The molecule has 0 spiro atoms. The van der Waals surface area contributed by atoms with E-state index in [1.807, 2.05) is 30.3 Å². The van der Waals surface area contributed by atoms with Crippen LogP contribution < -0.4 is 9.47 Å². The molecule has 0 radical (unpaired) electrons. The summed E-state index contributed by atoms with van der Waals surface area (Å²) in [7, 11) is 1.61. The molecule has 4 rings (SSSR count). The minimum absolute atomic E-state index is 0.265. The van der Waals surface area contributed by atoms with Crippen LogP contribution in [-0.2, 0) is 13.2 Å². The minimum atomic E-state index is -0.275. The number of halogens is 1. The molecule has 1 heterocycles. The van der Waals surface area contributed by atoms with Crippen LogP contribution in [0.1, 0.15) is 16.7 Å². The van der Waals surface area contributed by atoms with E-state index >= 15 is 0 Å². The average molecular weight is 451 g/mol. The molecule has 0 aromatic heterocycles. The van der Waals surface area contributed by atoms with E-state index in [2.05, 4.69) is 34.1 Å². The van der Waals surface area contributed by atoms with Gasteiger partial charge in [-0.2, -0.15) is 0 Å². The van der Waals surface area contributed by atoms with Crippen LogP contribution in [-0.4, -0.2) is 48.1 Å². The zero-order chi connectivity index (χ0) is 22.3. The van der Waals surface area contributed by atoms with Crippen LogP contribution in [0.25, 0.3) is 0 Å². The van der Waals surface area contributed by atoms with E-state index in [-0.39, 0.29) is 12.4 Å². The molecule has 0 saturated carbocycles. The number of nitrogens with zero attached hydrogens (tertiary/aromatic N) is 2. The normalized spacial score (nSPS) is 14.2. The van der Waals surface area contributed by atoms with Crippen LogP contribution >= 0.6 is 12.2 Å².